The van der Waals surface area contributed by atoms with Crippen molar-refractivity contribution in [2.45, 2.75) is 6.61 Å². The largest absolute Gasteiger partial charge is 0.450 e. The first-order chi connectivity index (χ1) is 9.19. The molecule has 0 unspecified atom stereocenters. The van der Waals surface area contributed by atoms with Crippen molar-refractivity contribution < 1.29 is 14.3 Å². The van der Waals surface area contributed by atoms with Crippen molar-refractivity contribution in [1.82, 2.24) is 0 Å². The molecule has 0 spiro atoms. The first kappa shape index (κ1) is 13.6. The van der Waals surface area contributed by atoms with Crippen LogP contribution < -0.4 is 5.32 Å². The predicted octanol–water partition coefficient (Wildman–Crippen LogP) is 3.19. The second kappa shape index (κ2) is 6.36. The van der Waals surface area contributed by atoms with Crippen LogP contribution in [0.5, 0.6) is 0 Å². The van der Waals surface area contributed by atoms with E-state index in [1.165, 1.54) is 6.08 Å². The van der Waals surface area contributed by atoms with Gasteiger partial charge in [0.15, 0.2) is 4.67 Å². The van der Waals surface area contributed by atoms with E-state index >= 15 is 0 Å². The Morgan fingerprint density at radius 1 is 1.32 bits per heavy atom. The van der Waals surface area contributed by atoms with E-state index in [-0.39, 0.29) is 12.5 Å². The molecule has 2 rings (SSSR count). The maximum absolute atomic E-state index is 11.7. The van der Waals surface area contributed by atoms with Crippen molar-refractivity contribution in [2.24, 2.45) is 0 Å². The summed E-state index contributed by atoms with van der Waals surface area (Å²) in [5.74, 6) is 0.297. The van der Waals surface area contributed by atoms with Crippen LogP contribution in [0.3, 0.4) is 0 Å². The number of nitrogens with one attached hydrogen (secondary N) is 1. The van der Waals surface area contributed by atoms with Crippen LogP contribution >= 0.6 is 15.9 Å². The standard InChI is InChI=1S/C14H12BrNO3/c15-13-7-5-11(19-13)6-8-14(18)16-12-4-2-1-3-10(12)9-17/h1-8,17H,9H2,(H,16,18)/b8-6+. The lowest BCUT2D eigenvalue weighted by molar-refractivity contribution is -0.111. The molecule has 0 aliphatic carbocycles. The number of amides is 1. The Hall–Kier alpha value is -1.85. The summed E-state index contributed by atoms with van der Waals surface area (Å²) in [5.41, 5.74) is 1.27. The summed E-state index contributed by atoms with van der Waals surface area (Å²) >= 11 is 3.18. The van der Waals surface area contributed by atoms with Gasteiger partial charge in [-0.1, -0.05) is 18.2 Å². The van der Waals surface area contributed by atoms with E-state index in [2.05, 4.69) is 21.2 Å². The normalized spacial score (nSPS) is 10.8. The van der Waals surface area contributed by atoms with Crippen LogP contribution in [0.4, 0.5) is 5.69 Å². The van der Waals surface area contributed by atoms with Crippen molar-refractivity contribution >= 4 is 33.6 Å². The molecule has 1 aromatic carbocycles. The topological polar surface area (TPSA) is 62.5 Å². The number of aliphatic hydroxyl groups excluding tert-OH is 1. The van der Waals surface area contributed by atoms with E-state index in [0.717, 1.165) is 0 Å². The highest BCUT2D eigenvalue weighted by molar-refractivity contribution is 9.10. The van der Waals surface area contributed by atoms with Gasteiger partial charge in [-0.05, 0) is 40.2 Å². The number of carbonyl (C=O) groups excluding carboxylic acids is 1. The molecule has 1 aromatic heterocycles. The molecule has 0 bridgehead atoms. The highest BCUT2D eigenvalue weighted by Crippen LogP contribution is 2.16. The zero-order valence-corrected chi connectivity index (χ0v) is 11.6. The minimum Gasteiger partial charge on any atom is -0.450 e. The van der Waals surface area contributed by atoms with Gasteiger partial charge in [-0.15, -0.1) is 0 Å². The molecule has 5 heteroatoms. The molecular formula is C14H12BrNO3. The second-order valence-electron chi connectivity index (χ2n) is 3.78. The summed E-state index contributed by atoms with van der Waals surface area (Å²) in [6, 6.07) is 10.6. The van der Waals surface area contributed by atoms with Crippen LogP contribution in [0.25, 0.3) is 6.08 Å². The number of para-hydroxylation sites is 1. The van der Waals surface area contributed by atoms with Gasteiger partial charge in [-0.2, -0.15) is 0 Å². The third-order valence-corrected chi connectivity index (χ3v) is 2.86. The molecule has 0 saturated carbocycles. The fraction of sp³-hybridized carbons (Fsp3) is 0.0714. The van der Waals surface area contributed by atoms with Gasteiger partial charge in [0.25, 0.3) is 0 Å². The third kappa shape index (κ3) is 3.81. The van der Waals surface area contributed by atoms with Crippen molar-refractivity contribution in [1.29, 1.82) is 0 Å². The van der Waals surface area contributed by atoms with Crippen molar-refractivity contribution in [3.63, 3.8) is 0 Å². The fourth-order valence-corrected chi connectivity index (χ4v) is 1.85. The van der Waals surface area contributed by atoms with Crippen LogP contribution in [0, 0.1) is 0 Å². The first-order valence-corrected chi connectivity index (χ1v) is 6.41. The smallest absolute Gasteiger partial charge is 0.248 e. The number of benzene rings is 1. The number of anilines is 1. The third-order valence-electron chi connectivity index (χ3n) is 2.44. The Morgan fingerprint density at radius 2 is 2.11 bits per heavy atom. The molecule has 2 N–H and O–H groups in total. The molecule has 0 aliphatic rings. The number of hydrogen-bond donors (Lipinski definition) is 2. The molecule has 0 fully saturated rings. The lowest BCUT2D eigenvalue weighted by atomic mass is 10.2. The highest BCUT2D eigenvalue weighted by Gasteiger charge is 2.03. The van der Waals surface area contributed by atoms with E-state index < -0.39 is 0 Å². The maximum atomic E-state index is 11.7. The van der Waals surface area contributed by atoms with Gasteiger partial charge < -0.3 is 14.8 Å². The quantitative estimate of drug-likeness (QED) is 0.850. The molecule has 2 aromatic rings. The number of furan rings is 1. The van der Waals surface area contributed by atoms with Gasteiger partial charge in [0.05, 0.1) is 6.61 Å². The average Bonchev–Trinajstić information content (AvgIpc) is 2.83. The van der Waals surface area contributed by atoms with E-state index in [4.69, 9.17) is 9.52 Å². The number of hydrogen-bond acceptors (Lipinski definition) is 3. The molecular weight excluding hydrogens is 310 g/mol. The van der Waals surface area contributed by atoms with Gasteiger partial charge >= 0.3 is 0 Å². The Balaban J connectivity index is 2.03. The molecule has 1 heterocycles. The highest BCUT2D eigenvalue weighted by atomic mass is 79.9. The number of halogens is 1. The van der Waals surface area contributed by atoms with Gasteiger partial charge in [0.1, 0.15) is 5.76 Å². The summed E-state index contributed by atoms with van der Waals surface area (Å²) < 4.78 is 5.85. The van der Waals surface area contributed by atoms with Crippen molar-refractivity contribution in [2.75, 3.05) is 5.32 Å². The Kier molecular flexibility index (Phi) is 4.54. The van der Waals surface area contributed by atoms with E-state index in [0.29, 0.717) is 21.7 Å². The lowest BCUT2D eigenvalue weighted by Crippen LogP contribution is -2.09. The van der Waals surface area contributed by atoms with Gasteiger partial charge in [0.2, 0.25) is 5.91 Å². The molecule has 4 nitrogen and oxygen atoms in total. The predicted molar refractivity (Wildman–Crippen MR) is 76.4 cm³/mol. The van der Waals surface area contributed by atoms with Crippen LogP contribution in [0.1, 0.15) is 11.3 Å². The maximum Gasteiger partial charge on any atom is 0.248 e. The Labute approximate surface area is 118 Å². The zero-order valence-electron chi connectivity index (χ0n) is 9.97. The summed E-state index contributed by atoms with van der Waals surface area (Å²) in [6.07, 6.45) is 2.95. The number of rotatable bonds is 4. The molecule has 0 saturated heterocycles. The summed E-state index contributed by atoms with van der Waals surface area (Å²) in [5, 5.41) is 11.9. The second-order valence-corrected chi connectivity index (χ2v) is 4.56. The minimum atomic E-state index is -0.284. The number of carbonyl (C=O) groups is 1. The molecule has 19 heavy (non-hydrogen) atoms. The summed E-state index contributed by atoms with van der Waals surface area (Å²) in [7, 11) is 0. The summed E-state index contributed by atoms with van der Waals surface area (Å²) in [6.45, 7) is -0.120. The Morgan fingerprint density at radius 3 is 2.79 bits per heavy atom. The van der Waals surface area contributed by atoms with Crippen LogP contribution in [0.15, 0.2) is 51.6 Å². The van der Waals surface area contributed by atoms with E-state index in [9.17, 15) is 4.79 Å². The summed E-state index contributed by atoms with van der Waals surface area (Å²) in [4.78, 5) is 11.7. The van der Waals surface area contributed by atoms with Gasteiger partial charge in [0, 0.05) is 17.3 Å². The van der Waals surface area contributed by atoms with Crippen molar-refractivity contribution in [3.8, 4) is 0 Å². The van der Waals surface area contributed by atoms with E-state index in [1.807, 2.05) is 0 Å². The average molecular weight is 322 g/mol. The van der Waals surface area contributed by atoms with Crippen LogP contribution in [-0.4, -0.2) is 11.0 Å². The minimum absolute atomic E-state index is 0.120. The molecule has 1 amide bonds. The molecule has 0 radical (unpaired) electrons. The molecule has 0 aliphatic heterocycles. The van der Waals surface area contributed by atoms with E-state index in [1.54, 1.807) is 42.5 Å². The van der Waals surface area contributed by atoms with Crippen LogP contribution in [0.2, 0.25) is 0 Å². The lowest BCUT2D eigenvalue weighted by Gasteiger charge is -2.06. The Bertz CT molecular complexity index is 604. The van der Waals surface area contributed by atoms with Crippen LogP contribution in [-0.2, 0) is 11.4 Å². The van der Waals surface area contributed by atoms with Crippen molar-refractivity contribution in [3.05, 3.63) is 58.5 Å². The number of aliphatic hydroxyl groups is 1. The monoisotopic (exact) mass is 321 g/mol. The van der Waals surface area contributed by atoms with Gasteiger partial charge in [-0.3, -0.25) is 4.79 Å². The fourth-order valence-electron chi connectivity index (χ4n) is 1.53. The SMILES string of the molecule is O=C(/C=C/c1ccc(Br)o1)Nc1ccccc1CO. The van der Waals surface area contributed by atoms with Gasteiger partial charge in [-0.25, -0.2) is 0 Å². The first-order valence-electron chi connectivity index (χ1n) is 5.62. The zero-order chi connectivity index (χ0) is 13.7. The molecule has 0 atom stereocenters. The molecule has 98 valence electrons.